The van der Waals surface area contributed by atoms with Crippen molar-refractivity contribution < 1.29 is 4.74 Å². The summed E-state index contributed by atoms with van der Waals surface area (Å²) < 4.78 is 5.15. The fourth-order valence-corrected chi connectivity index (χ4v) is 2.51. The minimum Gasteiger partial charge on any atom is -0.495 e. The van der Waals surface area contributed by atoms with E-state index in [2.05, 4.69) is 4.90 Å². The number of rotatable bonds is 4. The predicted octanol–water partition coefficient (Wildman–Crippen LogP) is 2.69. The van der Waals surface area contributed by atoms with Crippen molar-refractivity contribution in [2.24, 2.45) is 5.73 Å². The van der Waals surface area contributed by atoms with Crippen molar-refractivity contribution in [3.8, 4) is 5.75 Å². The van der Waals surface area contributed by atoms with Gasteiger partial charge in [-0.15, -0.1) is 0 Å². The third-order valence-electron chi connectivity index (χ3n) is 2.71. The van der Waals surface area contributed by atoms with E-state index in [9.17, 15) is 0 Å². The van der Waals surface area contributed by atoms with Crippen LogP contribution in [0.2, 0.25) is 5.02 Å². The Kier molecular flexibility index (Phi) is 4.42. The molecule has 0 amide bonds. The molecule has 1 unspecified atom stereocenters. The maximum absolute atomic E-state index is 6.22. The van der Waals surface area contributed by atoms with Gasteiger partial charge < -0.3 is 15.4 Å². The standard InChI is InChI=1S/C13H21ClN2O/c1-13(2,15)12(16(3)4)9-6-7-11(17-5)10(14)8-9/h6-8,12H,15H2,1-5H3. The van der Waals surface area contributed by atoms with Crippen LogP contribution in [0, 0.1) is 0 Å². The first-order valence-corrected chi connectivity index (χ1v) is 5.94. The normalized spacial score (nSPS) is 13.9. The highest BCUT2D eigenvalue weighted by atomic mass is 35.5. The zero-order valence-corrected chi connectivity index (χ0v) is 11.9. The Hall–Kier alpha value is -0.770. The SMILES string of the molecule is COc1ccc(C(N(C)C)C(C)(C)N)cc1Cl. The van der Waals surface area contributed by atoms with Crippen molar-refractivity contribution in [2.75, 3.05) is 21.2 Å². The van der Waals surface area contributed by atoms with E-state index in [4.69, 9.17) is 22.1 Å². The van der Waals surface area contributed by atoms with E-state index in [1.54, 1.807) is 7.11 Å². The molecule has 0 heterocycles. The molecule has 0 aliphatic heterocycles. The Labute approximate surface area is 109 Å². The van der Waals surface area contributed by atoms with Crippen LogP contribution in [0.4, 0.5) is 0 Å². The molecule has 1 atom stereocenters. The minimum atomic E-state index is -0.346. The quantitative estimate of drug-likeness (QED) is 0.900. The lowest BCUT2D eigenvalue weighted by molar-refractivity contribution is 0.204. The maximum atomic E-state index is 6.22. The Morgan fingerprint density at radius 1 is 1.35 bits per heavy atom. The highest BCUT2D eigenvalue weighted by Gasteiger charge is 2.29. The van der Waals surface area contributed by atoms with E-state index in [1.807, 2.05) is 46.1 Å². The molecule has 1 aromatic rings. The first-order chi connectivity index (χ1) is 7.77. The summed E-state index contributed by atoms with van der Waals surface area (Å²) in [4.78, 5) is 2.10. The third kappa shape index (κ3) is 3.35. The van der Waals surface area contributed by atoms with Gasteiger partial charge in [0.2, 0.25) is 0 Å². The number of hydrogen-bond donors (Lipinski definition) is 1. The molecular formula is C13H21ClN2O. The van der Waals surface area contributed by atoms with Crippen molar-refractivity contribution in [2.45, 2.75) is 25.4 Å². The predicted molar refractivity (Wildman–Crippen MR) is 72.7 cm³/mol. The molecule has 4 heteroatoms. The Morgan fingerprint density at radius 2 is 1.94 bits per heavy atom. The fraction of sp³-hybridized carbons (Fsp3) is 0.538. The van der Waals surface area contributed by atoms with Crippen LogP contribution in [-0.4, -0.2) is 31.6 Å². The molecule has 1 rings (SSSR count). The van der Waals surface area contributed by atoms with Gasteiger partial charge >= 0.3 is 0 Å². The van der Waals surface area contributed by atoms with Crippen molar-refractivity contribution in [3.05, 3.63) is 28.8 Å². The molecule has 0 spiro atoms. The number of likely N-dealkylation sites (N-methyl/N-ethyl adjacent to an activating group) is 1. The molecule has 0 bridgehead atoms. The van der Waals surface area contributed by atoms with Crippen molar-refractivity contribution in [3.63, 3.8) is 0 Å². The second kappa shape index (κ2) is 5.25. The van der Waals surface area contributed by atoms with E-state index < -0.39 is 0 Å². The zero-order valence-electron chi connectivity index (χ0n) is 11.1. The van der Waals surface area contributed by atoms with E-state index in [1.165, 1.54) is 0 Å². The van der Waals surface area contributed by atoms with Gasteiger partial charge in [0.1, 0.15) is 5.75 Å². The van der Waals surface area contributed by atoms with Crippen molar-refractivity contribution >= 4 is 11.6 Å². The van der Waals surface area contributed by atoms with Crippen molar-refractivity contribution in [1.29, 1.82) is 0 Å². The monoisotopic (exact) mass is 256 g/mol. The molecule has 2 N–H and O–H groups in total. The first kappa shape index (κ1) is 14.3. The summed E-state index contributed by atoms with van der Waals surface area (Å²) in [6.45, 7) is 4.02. The summed E-state index contributed by atoms with van der Waals surface area (Å²) in [5, 5.41) is 0.612. The summed E-state index contributed by atoms with van der Waals surface area (Å²) in [6.07, 6.45) is 0. The zero-order chi connectivity index (χ0) is 13.2. The van der Waals surface area contributed by atoms with E-state index in [0.717, 1.165) is 5.56 Å². The van der Waals surface area contributed by atoms with Gasteiger partial charge in [0.05, 0.1) is 18.2 Å². The second-order valence-electron chi connectivity index (χ2n) is 5.08. The van der Waals surface area contributed by atoms with Crippen LogP contribution >= 0.6 is 11.6 Å². The van der Waals surface area contributed by atoms with Gasteiger partial charge in [0.25, 0.3) is 0 Å². The van der Waals surface area contributed by atoms with Crippen LogP contribution < -0.4 is 10.5 Å². The molecule has 17 heavy (non-hydrogen) atoms. The lowest BCUT2D eigenvalue weighted by Gasteiger charge is -2.36. The number of ether oxygens (including phenoxy) is 1. The number of benzene rings is 1. The van der Waals surface area contributed by atoms with Gasteiger partial charge in [-0.05, 0) is 45.6 Å². The van der Waals surface area contributed by atoms with E-state index in [-0.39, 0.29) is 11.6 Å². The van der Waals surface area contributed by atoms with Crippen LogP contribution in [-0.2, 0) is 0 Å². The molecule has 0 saturated heterocycles. The van der Waals surface area contributed by atoms with E-state index >= 15 is 0 Å². The topological polar surface area (TPSA) is 38.5 Å². The summed E-state index contributed by atoms with van der Waals surface area (Å²) >= 11 is 6.14. The van der Waals surface area contributed by atoms with Gasteiger partial charge in [-0.1, -0.05) is 17.7 Å². The number of nitrogens with two attached hydrogens (primary N) is 1. The molecule has 96 valence electrons. The summed E-state index contributed by atoms with van der Waals surface area (Å²) in [5.74, 6) is 0.683. The van der Waals surface area contributed by atoms with Crippen molar-refractivity contribution in [1.82, 2.24) is 4.90 Å². The average Bonchev–Trinajstić information content (AvgIpc) is 2.15. The number of halogens is 1. The highest BCUT2D eigenvalue weighted by Crippen LogP contribution is 2.33. The molecule has 3 nitrogen and oxygen atoms in total. The molecule has 1 aromatic carbocycles. The maximum Gasteiger partial charge on any atom is 0.137 e. The fourth-order valence-electron chi connectivity index (χ4n) is 2.25. The Balaban J connectivity index is 3.17. The van der Waals surface area contributed by atoms with Crippen LogP contribution in [0.1, 0.15) is 25.5 Å². The smallest absolute Gasteiger partial charge is 0.137 e. The lowest BCUT2D eigenvalue weighted by Crippen LogP contribution is -2.45. The molecule has 0 radical (unpaired) electrons. The molecule has 0 fully saturated rings. The Bertz CT molecular complexity index is 385. The summed E-state index contributed by atoms with van der Waals surface area (Å²) in [7, 11) is 5.63. The number of nitrogens with zero attached hydrogens (tertiary/aromatic N) is 1. The largest absolute Gasteiger partial charge is 0.495 e. The minimum absolute atomic E-state index is 0.103. The molecule has 0 aromatic heterocycles. The van der Waals surface area contributed by atoms with Gasteiger partial charge in [-0.2, -0.15) is 0 Å². The second-order valence-corrected chi connectivity index (χ2v) is 5.49. The average molecular weight is 257 g/mol. The lowest BCUT2D eigenvalue weighted by atomic mass is 9.88. The van der Waals surface area contributed by atoms with Crippen LogP contribution in [0.3, 0.4) is 0 Å². The molecular weight excluding hydrogens is 236 g/mol. The number of methoxy groups -OCH3 is 1. The van der Waals surface area contributed by atoms with Gasteiger partial charge in [-0.3, -0.25) is 0 Å². The van der Waals surface area contributed by atoms with Crippen LogP contribution in [0.25, 0.3) is 0 Å². The van der Waals surface area contributed by atoms with Gasteiger partial charge in [-0.25, -0.2) is 0 Å². The van der Waals surface area contributed by atoms with Crippen LogP contribution in [0.5, 0.6) is 5.75 Å². The molecule has 0 saturated carbocycles. The van der Waals surface area contributed by atoms with Crippen LogP contribution in [0.15, 0.2) is 18.2 Å². The van der Waals surface area contributed by atoms with Gasteiger partial charge in [0.15, 0.2) is 0 Å². The molecule has 0 aliphatic carbocycles. The van der Waals surface area contributed by atoms with E-state index in [0.29, 0.717) is 10.8 Å². The molecule has 0 aliphatic rings. The summed E-state index contributed by atoms with van der Waals surface area (Å²) in [5.41, 5.74) is 6.96. The Morgan fingerprint density at radius 3 is 2.29 bits per heavy atom. The highest BCUT2D eigenvalue weighted by molar-refractivity contribution is 6.32. The van der Waals surface area contributed by atoms with Gasteiger partial charge in [0, 0.05) is 5.54 Å². The first-order valence-electron chi connectivity index (χ1n) is 5.56. The summed E-state index contributed by atoms with van der Waals surface area (Å²) in [6, 6.07) is 5.90. The third-order valence-corrected chi connectivity index (χ3v) is 3.01. The number of hydrogen-bond acceptors (Lipinski definition) is 3.